The van der Waals surface area contributed by atoms with Gasteiger partial charge in [-0.25, -0.2) is 4.68 Å². The van der Waals surface area contributed by atoms with Crippen molar-refractivity contribution >= 4 is 23.2 Å². The molecule has 0 aliphatic carbocycles. The van der Waals surface area contributed by atoms with Gasteiger partial charge in [-0.05, 0) is 12.1 Å². The maximum absolute atomic E-state index is 6.05. The van der Waals surface area contributed by atoms with Gasteiger partial charge in [0.25, 0.3) is 0 Å². The van der Waals surface area contributed by atoms with Crippen LogP contribution in [0.4, 0.5) is 0 Å². The minimum Gasteiger partial charge on any atom is -0.492 e. The number of hydrogen-bond acceptors (Lipinski definition) is 2. The van der Waals surface area contributed by atoms with Crippen LogP contribution in [0.25, 0.3) is 5.69 Å². The third kappa shape index (κ3) is 1.80. The lowest BCUT2D eigenvalue weighted by Gasteiger charge is -2.04. The maximum Gasteiger partial charge on any atom is 0.176 e. The molecule has 0 unspecified atom stereocenters. The Morgan fingerprint density at radius 3 is 2.60 bits per heavy atom. The van der Waals surface area contributed by atoms with Crippen LogP contribution in [-0.2, 0) is 0 Å². The smallest absolute Gasteiger partial charge is 0.176 e. The Bertz CT molecular complexity index is 482. The molecule has 0 amide bonds. The number of benzene rings is 1. The second kappa shape index (κ2) is 4.13. The quantitative estimate of drug-likeness (QED) is 0.809. The fourth-order valence-electron chi connectivity index (χ4n) is 1.25. The molecule has 2 rings (SSSR count). The Morgan fingerprint density at radius 2 is 2.00 bits per heavy atom. The van der Waals surface area contributed by atoms with Gasteiger partial charge in [0.1, 0.15) is 0 Å². The van der Waals surface area contributed by atoms with Crippen molar-refractivity contribution in [1.29, 1.82) is 0 Å². The molecule has 0 atom stereocenters. The molecule has 1 aromatic carbocycles. The molecule has 15 heavy (non-hydrogen) atoms. The molecule has 0 saturated carbocycles. The Morgan fingerprint density at radius 1 is 1.27 bits per heavy atom. The van der Waals surface area contributed by atoms with E-state index in [1.54, 1.807) is 19.4 Å². The van der Waals surface area contributed by atoms with E-state index in [-0.39, 0.29) is 0 Å². The number of hydrogen-bond donors (Lipinski definition) is 0. The number of rotatable bonds is 2. The highest BCUT2D eigenvalue weighted by Gasteiger charge is 2.11. The van der Waals surface area contributed by atoms with Gasteiger partial charge in [0.05, 0.1) is 24.0 Å². The number of para-hydroxylation sites is 1. The molecule has 0 spiro atoms. The van der Waals surface area contributed by atoms with Crippen LogP contribution in [0.2, 0.25) is 10.2 Å². The van der Waals surface area contributed by atoms with Crippen LogP contribution in [0.15, 0.2) is 30.5 Å². The van der Waals surface area contributed by atoms with Gasteiger partial charge in [-0.15, -0.1) is 0 Å². The summed E-state index contributed by atoms with van der Waals surface area (Å²) >= 11 is 12.1. The average Bonchev–Trinajstić information content (AvgIpc) is 2.60. The second-order valence-corrected chi connectivity index (χ2v) is 3.63. The lowest BCUT2D eigenvalue weighted by atomic mass is 10.3. The summed E-state index contributed by atoms with van der Waals surface area (Å²) in [6.07, 6.45) is 1.55. The van der Waals surface area contributed by atoms with Crippen LogP contribution < -0.4 is 4.74 Å². The van der Waals surface area contributed by atoms with Crippen LogP contribution >= 0.6 is 23.2 Å². The van der Waals surface area contributed by atoms with E-state index in [9.17, 15) is 0 Å². The number of nitrogens with zero attached hydrogens (tertiary/aromatic N) is 2. The van der Waals surface area contributed by atoms with E-state index in [1.165, 1.54) is 4.68 Å². The van der Waals surface area contributed by atoms with E-state index in [1.807, 2.05) is 18.2 Å². The first-order chi connectivity index (χ1) is 7.24. The van der Waals surface area contributed by atoms with E-state index in [0.29, 0.717) is 15.9 Å². The number of halogens is 2. The molecule has 2 aromatic rings. The van der Waals surface area contributed by atoms with E-state index < -0.39 is 0 Å². The molecule has 0 aliphatic heterocycles. The fourth-order valence-corrected chi connectivity index (χ4v) is 1.72. The Balaban J connectivity index is 2.55. The van der Waals surface area contributed by atoms with Gasteiger partial charge >= 0.3 is 0 Å². The van der Waals surface area contributed by atoms with Gasteiger partial charge in [0.2, 0.25) is 0 Å². The highest BCUT2D eigenvalue weighted by atomic mass is 35.5. The zero-order valence-corrected chi connectivity index (χ0v) is 9.46. The molecule has 1 aromatic heterocycles. The van der Waals surface area contributed by atoms with E-state index in [0.717, 1.165) is 5.69 Å². The molecule has 0 aliphatic rings. The van der Waals surface area contributed by atoms with Crippen molar-refractivity contribution in [3.8, 4) is 11.4 Å². The van der Waals surface area contributed by atoms with E-state index in [2.05, 4.69) is 5.10 Å². The topological polar surface area (TPSA) is 27.1 Å². The zero-order chi connectivity index (χ0) is 10.8. The predicted molar refractivity (Wildman–Crippen MR) is 60.1 cm³/mol. The third-order valence-electron chi connectivity index (χ3n) is 1.98. The van der Waals surface area contributed by atoms with Crippen molar-refractivity contribution in [3.05, 3.63) is 40.6 Å². The molecule has 0 saturated heterocycles. The predicted octanol–water partition coefficient (Wildman–Crippen LogP) is 3.19. The zero-order valence-electron chi connectivity index (χ0n) is 7.95. The molecule has 78 valence electrons. The molecule has 1 heterocycles. The Labute approximate surface area is 97.2 Å². The summed E-state index contributed by atoms with van der Waals surface area (Å²) in [4.78, 5) is 0. The van der Waals surface area contributed by atoms with Crippen molar-refractivity contribution in [3.63, 3.8) is 0 Å². The first kappa shape index (κ1) is 10.3. The summed E-state index contributed by atoms with van der Waals surface area (Å²) < 4.78 is 6.56. The summed E-state index contributed by atoms with van der Waals surface area (Å²) in [5.74, 6) is 0.525. The molecular formula is C10H8Cl2N2O. The van der Waals surface area contributed by atoms with Gasteiger partial charge < -0.3 is 4.74 Å². The normalized spacial score (nSPS) is 10.3. The summed E-state index contributed by atoms with van der Waals surface area (Å²) in [6.45, 7) is 0. The Kier molecular flexibility index (Phi) is 2.84. The molecule has 5 heteroatoms. The van der Waals surface area contributed by atoms with Crippen molar-refractivity contribution < 1.29 is 4.74 Å². The van der Waals surface area contributed by atoms with Crippen LogP contribution in [0.1, 0.15) is 0 Å². The van der Waals surface area contributed by atoms with Crippen molar-refractivity contribution in [2.24, 2.45) is 0 Å². The Hall–Kier alpha value is -1.19. The lowest BCUT2D eigenvalue weighted by Crippen LogP contribution is -1.96. The van der Waals surface area contributed by atoms with Crippen molar-refractivity contribution in [1.82, 2.24) is 9.78 Å². The summed E-state index contributed by atoms with van der Waals surface area (Å²) in [6, 6.07) is 7.33. The molecular weight excluding hydrogens is 235 g/mol. The van der Waals surface area contributed by atoms with Gasteiger partial charge in [-0.2, -0.15) is 5.10 Å². The van der Waals surface area contributed by atoms with Gasteiger partial charge in [0, 0.05) is 0 Å². The lowest BCUT2D eigenvalue weighted by molar-refractivity contribution is 0.415. The van der Waals surface area contributed by atoms with E-state index in [4.69, 9.17) is 27.9 Å². The molecule has 0 fully saturated rings. The largest absolute Gasteiger partial charge is 0.492 e. The number of ether oxygens (including phenoxy) is 1. The summed E-state index contributed by atoms with van der Waals surface area (Å²) in [5, 5.41) is 5.09. The highest BCUT2D eigenvalue weighted by Crippen LogP contribution is 2.29. The average molecular weight is 243 g/mol. The maximum atomic E-state index is 6.05. The van der Waals surface area contributed by atoms with Crippen LogP contribution in [0, 0.1) is 0 Å². The number of methoxy groups -OCH3 is 1. The fraction of sp³-hybridized carbons (Fsp3) is 0.100. The molecule has 0 N–H and O–H groups in total. The minimum absolute atomic E-state index is 0.408. The summed E-state index contributed by atoms with van der Waals surface area (Å²) in [7, 11) is 1.54. The molecule has 0 bridgehead atoms. The van der Waals surface area contributed by atoms with Crippen molar-refractivity contribution in [2.75, 3.05) is 7.11 Å². The van der Waals surface area contributed by atoms with Crippen molar-refractivity contribution in [2.45, 2.75) is 0 Å². The van der Waals surface area contributed by atoms with Crippen LogP contribution in [0.3, 0.4) is 0 Å². The van der Waals surface area contributed by atoms with E-state index >= 15 is 0 Å². The number of aromatic nitrogens is 2. The third-order valence-corrected chi connectivity index (χ3v) is 2.65. The van der Waals surface area contributed by atoms with Crippen LogP contribution in [0.5, 0.6) is 5.75 Å². The van der Waals surface area contributed by atoms with Gasteiger partial charge in [0.15, 0.2) is 10.9 Å². The molecule has 3 nitrogen and oxygen atoms in total. The van der Waals surface area contributed by atoms with Gasteiger partial charge in [-0.3, -0.25) is 0 Å². The van der Waals surface area contributed by atoms with Crippen LogP contribution in [-0.4, -0.2) is 16.9 Å². The SMILES string of the molecule is COc1cnn(-c2ccccc2Cl)c1Cl. The van der Waals surface area contributed by atoms with Gasteiger partial charge in [-0.1, -0.05) is 35.3 Å². The minimum atomic E-state index is 0.408. The first-order valence-corrected chi connectivity index (χ1v) is 5.02. The highest BCUT2D eigenvalue weighted by molar-refractivity contribution is 6.33. The standard InChI is InChI=1S/C10H8Cl2N2O/c1-15-9-6-13-14(10(9)12)8-5-3-2-4-7(8)11/h2-6H,1H3. The monoisotopic (exact) mass is 242 g/mol. The molecule has 0 radical (unpaired) electrons. The first-order valence-electron chi connectivity index (χ1n) is 4.26. The second-order valence-electron chi connectivity index (χ2n) is 2.87. The summed E-state index contributed by atoms with van der Waals surface area (Å²) in [5.41, 5.74) is 0.729.